The highest BCUT2D eigenvalue weighted by Crippen LogP contribution is 2.35. The summed E-state index contributed by atoms with van der Waals surface area (Å²) in [6.07, 6.45) is 7.08. The molecule has 20 heavy (non-hydrogen) atoms. The third-order valence-electron chi connectivity index (χ3n) is 4.09. The first-order valence-corrected chi connectivity index (χ1v) is 7.56. The van der Waals surface area contributed by atoms with Crippen LogP contribution in [0.5, 0.6) is 0 Å². The Bertz CT molecular complexity index is 519. The molecule has 0 saturated heterocycles. The molecule has 0 aliphatic rings. The van der Waals surface area contributed by atoms with Gasteiger partial charge in [-0.05, 0) is 36.0 Å². The van der Waals surface area contributed by atoms with Crippen LogP contribution in [0.1, 0.15) is 76.0 Å². The Morgan fingerprint density at radius 1 is 0.950 bits per heavy atom. The Morgan fingerprint density at radius 2 is 1.65 bits per heavy atom. The smallest absolute Gasteiger partial charge is 0.101 e. The van der Waals surface area contributed by atoms with Gasteiger partial charge >= 0.3 is 0 Å². The van der Waals surface area contributed by atoms with Crippen molar-refractivity contribution in [2.45, 2.75) is 64.7 Å². The molecule has 0 aliphatic carbocycles. The number of unbranched alkanes of at least 4 members (excludes halogenated alkanes) is 2. The summed E-state index contributed by atoms with van der Waals surface area (Å²) in [4.78, 5) is 0. The molecule has 2 nitrogen and oxygen atoms in total. The van der Waals surface area contributed by atoms with E-state index in [0.29, 0.717) is 11.1 Å². The average molecular weight is 268 g/mol. The molecule has 0 heterocycles. The first-order chi connectivity index (χ1) is 9.61. The van der Waals surface area contributed by atoms with Crippen LogP contribution in [0.4, 0.5) is 0 Å². The predicted molar refractivity (Wildman–Crippen MR) is 82.3 cm³/mol. The SMILES string of the molecule is CCCCCC(C)(CCC)c1ccc(C#N)c(C#N)c1. The lowest BCUT2D eigenvalue weighted by atomic mass is 9.74. The van der Waals surface area contributed by atoms with Gasteiger partial charge in [-0.15, -0.1) is 0 Å². The summed E-state index contributed by atoms with van der Waals surface area (Å²) in [5.41, 5.74) is 2.29. The fourth-order valence-corrected chi connectivity index (χ4v) is 2.84. The first kappa shape index (κ1) is 16.3. The molecule has 1 aromatic rings. The molecular weight excluding hydrogens is 244 g/mol. The maximum atomic E-state index is 9.18. The number of hydrogen-bond donors (Lipinski definition) is 0. The van der Waals surface area contributed by atoms with E-state index in [9.17, 15) is 5.26 Å². The van der Waals surface area contributed by atoms with Gasteiger partial charge < -0.3 is 0 Å². The third-order valence-corrected chi connectivity index (χ3v) is 4.09. The molecule has 0 spiro atoms. The van der Waals surface area contributed by atoms with Gasteiger partial charge in [0.05, 0.1) is 11.1 Å². The summed E-state index contributed by atoms with van der Waals surface area (Å²) in [7, 11) is 0. The van der Waals surface area contributed by atoms with Crippen molar-refractivity contribution in [2.24, 2.45) is 0 Å². The van der Waals surface area contributed by atoms with Gasteiger partial charge in [-0.2, -0.15) is 10.5 Å². The van der Waals surface area contributed by atoms with Crippen molar-refractivity contribution in [3.63, 3.8) is 0 Å². The minimum atomic E-state index is 0.115. The van der Waals surface area contributed by atoms with Crippen LogP contribution >= 0.6 is 0 Å². The molecule has 1 rings (SSSR count). The molecule has 0 bridgehead atoms. The molecule has 0 radical (unpaired) electrons. The Hall–Kier alpha value is -1.80. The zero-order chi connectivity index (χ0) is 15.0. The number of hydrogen-bond acceptors (Lipinski definition) is 2. The minimum absolute atomic E-state index is 0.115. The van der Waals surface area contributed by atoms with Crippen molar-refractivity contribution in [3.8, 4) is 12.1 Å². The van der Waals surface area contributed by atoms with Gasteiger partial charge in [0.15, 0.2) is 0 Å². The highest BCUT2D eigenvalue weighted by molar-refractivity contribution is 5.48. The van der Waals surface area contributed by atoms with Crippen LogP contribution in [0, 0.1) is 22.7 Å². The normalized spacial score (nSPS) is 13.2. The summed E-state index contributed by atoms with van der Waals surface area (Å²) >= 11 is 0. The van der Waals surface area contributed by atoms with Crippen molar-refractivity contribution in [1.29, 1.82) is 10.5 Å². The number of nitriles is 2. The van der Waals surface area contributed by atoms with Gasteiger partial charge in [-0.3, -0.25) is 0 Å². The fourth-order valence-electron chi connectivity index (χ4n) is 2.84. The Morgan fingerprint density at radius 3 is 2.20 bits per heavy atom. The Kier molecular flexibility index (Phi) is 6.26. The summed E-state index contributed by atoms with van der Waals surface area (Å²) in [5.74, 6) is 0. The molecule has 106 valence electrons. The highest BCUT2D eigenvalue weighted by Gasteiger charge is 2.25. The second-order valence-electron chi connectivity index (χ2n) is 5.75. The van der Waals surface area contributed by atoms with Crippen LogP contribution in [-0.2, 0) is 5.41 Å². The molecule has 1 unspecified atom stereocenters. The van der Waals surface area contributed by atoms with E-state index in [2.05, 4.69) is 32.9 Å². The summed E-state index contributed by atoms with van der Waals surface area (Å²) in [5, 5.41) is 18.2. The summed E-state index contributed by atoms with van der Waals surface area (Å²) in [6, 6.07) is 9.97. The lowest BCUT2D eigenvalue weighted by molar-refractivity contribution is 0.379. The lowest BCUT2D eigenvalue weighted by Crippen LogP contribution is -2.22. The molecule has 0 aromatic heterocycles. The van der Waals surface area contributed by atoms with E-state index < -0.39 is 0 Å². The van der Waals surface area contributed by atoms with E-state index in [1.807, 2.05) is 12.1 Å². The molecular formula is C18H24N2. The van der Waals surface area contributed by atoms with E-state index in [-0.39, 0.29) is 5.41 Å². The number of rotatable bonds is 7. The predicted octanol–water partition coefficient (Wildman–Crippen LogP) is 5.07. The molecule has 0 N–H and O–H groups in total. The molecule has 0 saturated carbocycles. The quantitative estimate of drug-likeness (QED) is 0.648. The maximum Gasteiger partial charge on any atom is 0.101 e. The van der Waals surface area contributed by atoms with Crippen LogP contribution in [0.3, 0.4) is 0 Å². The zero-order valence-electron chi connectivity index (χ0n) is 12.9. The fraction of sp³-hybridized carbons (Fsp3) is 0.556. The first-order valence-electron chi connectivity index (χ1n) is 7.56. The Balaban J connectivity index is 3.09. The van der Waals surface area contributed by atoms with Crippen LogP contribution < -0.4 is 0 Å². The molecule has 0 aliphatic heterocycles. The van der Waals surface area contributed by atoms with Gasteiger partial charge in [-0.1, -0.05) is 52.5 Å². The van der Waals surface area contributed by atoms with Gasteiger partial charge in [0.25, 0.3) is 0 Å². The van der Waals surface area contributed by atoms with Crippen molar-refractivity contribution in [3.05, 3.63) is 34.9 Å². The number of benzene rings is 1. The van der Waals surface area contributed by atoms with Crippen molar-refractivity contribution in [2.75, 3.05) is 0 Å². The van der Waals surface area contributed by atoms with Gasteiger partial charge in [-0.25, -0.2) is 0 Å². The minimum Gasteiger partial charge on any atom is -0.192 e. The van der Waals surface area contributed by atoms with E-state index in [4.69, 9.17) is 5.26 Å². The van der Waals surface area contributed by atoms with Crippen LogP contribution in [0.2, 0.25) is 0 Å². The maximum absolute atomic E-state index is 9.18. The molecule has 0 amide bonds. The summed E-state index contributed by atoms with van der Waals surface area (Å²) in [6.45, 7) is 6.70. The second-order valence-corrected chi connectivity index (χ2v) is 5.75. The third kappa shape index (κ3) is 3.84. The zero-order valence-corrected chi connectivity index (χ0v) is 12.9. The van der Waals surface area contributed by atoms with Crippen LogP contribution in [0.15, 0.2) is 18.2 Å². The van der Waals surface area contributed by atoms with Crippen LogP contribution in [-0.4, -0.2) is 0 Å². The average Bonchev–Trinajstić information content (AvgIpc) is 2.47. The van der Waals surface area contributed by atoms with Gasteiger partial charge in [0, 0.05) is 0 Å². The monoisotopic (exact) mass is 268 g/mol. The van der Waals surface area contributed by atoms with Crippen LogP contribution in [0.25, 0.3) is 0 Å². The lowest BCUT2D eigenvalue weighted by Gasteiger charge is -2.30. The van der Waals surface area contributed by atoms with Gasteiger partial charge in [0.2, 0.25) is 0 Å². The van der Waals surface area contributed by atoms with E-state index >= 15 is 0 Å². The number of nitrogens with zero attached hydrogens (tertiary/aromatic N) is 2. The summed E-state index contributed by atoms with van der Waals surface area (Å²) < 4.78 is 0. The topological polar surface area (TPSA) is 47.6 Å². The molecule has 2 heteroatoms. The highest BCUT2D eigenvalue weighted by atomic mass is 14.3. The van der Waals surface area contributed by atoms with Crippen molar-refractivity contribution in [1.82, 2.24) is 0 Å². The van der Waals surface area contributed by atoms with Crippen molar-refractivity contribution < 1.29 is 0 Å². The van der Waals surface area contributed by atoms with E-state index in [1.165, 1.54) is 24.8 Å². The standard InChI is InChI=1S/C18H24N2/c1-4-6-7-11-18(3,10-5-2)17-9-8-15(13-19)16(12-17)14-20/h8-9,12H,4-7,10-11H2,1-3H3. The largest absolute Gasteiger partial charge is 0.192 e. The van der Waals surface area contributed by atoms with E-state index in [0.717, 1.165) is 19.3 Å². The Labute approximate surface area is 123 Å². The van der Waals surface area contributed by atoms with E-state index in [1.54, 1.807) is 6.07 Å². The second kappa shape index (κ2) is 7.71. The van der Waals surface area contributed by atoms with Crippen molar-refractivity contribution >= 4 is 0 Å². The molecule has 1 aromatic carbocycles. The molecule has 0 fully saturated rings. The molecule has 1 atom stereocenters. The van der Waals surface area contributed by atoms with Gasteiger partial charge in [0.1, 0.15) is 12.1 Å².